The van der Waals surface area contributed by atoms with E-state index in [1.165, 1.54) is 6.07 Å². The molecule has 0 spiro atoms. The van der Waals surface area contributed by atoms with Crippen LogP contribution in [0, 0.1) is 11.7 Å². The highest BCUT2D eigenvalue weighted by Gasteiger charge is 2.26. The fraction of sp³-hybridized carbons (Fsp3) is 0.429. The molecule has 2 atom stereocenters. The zero-order chi connectivity index (χ0) is 12.5. The number of rotatable bonds is 2. The fourth-order valence-corrected chi connectivity index (χ4v) is 2.44. The molecule has 0 radical (unpaired) electrons. The Bertz CT molecular complexity index is 543. The zero-order valence-corrected chi connectivity index (χ0v) is 9.93. The molecule has 96 valence electrons. The molecule has 1 aromatic carbocycles. The minimum Gasteiger partial charge on any atom is -0.455 e. The van der Waals surface area contributed by atoms with Crippen molar-refractivity contribution in [3.63, 3.8) is 0 Å². The smallest absolute Gasteiger partial charge is 0.170 e. The SMILES string of the molecule is OC(c1cc2cccc(F)c2o1)C1CCCOC1. The van der Waals surface area contributed by atoms with Gasteiger partial charge in [-0.2, -0.15) is 0 Å². The third-order valence-corrected chi connectivity index (χ3v) is 3.45. The second-order valence-corrected chi connectivity index (χ2v) is 4.73. The molecule has 3 rings (SSSR count). The van der Waals surface area contributed by atoms with Crippen LogP contribution in [0.5, 0.6) is 0 Å². The van der Waals surface area contributed by atoms with E-state index in [0.717, 1.165) is 19.4 Å². The van der Waals surface area contributed by atoms with Gasteiger partial charge >= 0.3 is 0 Å². The van der Waals surface area contributed by atoms with E-state index >= 15 is 0 Å². The lowest BCUT2D eigenvalue weighted by Gasteiger charge is -2.25. The van der Waals surface area contributed by atoms with Crippen molar-refractivity contribution in [1.29, 1.82) is 0 Å². The third-order valence-electron chi connectivity index (χ3n) is 3.45. The van der Waals surface area contributed by atoms with Crippen LogP contribution in [0.1, 0.15) is 24.7 Å². The number of fused-ring (bicyclic) bond motifs is 1. The number of halogens is 1. The van der Waals surface area contributed by atoms with E-state index in [4.69, 9.17) is 9.15 Å². The molecule has 1 aromatic heterocycles. The van der Waals surface area contributed by atoms with Gasteiger partial charge in [0.2, 0.25) is 0 Å². The molecule has 1 aliphatic rings. The third kappa shape index (κ3) is 2.02. The maximum atomic E-state index is 13.5. The lowest BCUT2D eigenvalue weighted by molar-refractivity contribution is -0.0174. The molecule has 1 N–H and O–H groups in total. The summed E-state index contributed by atoms with van der Waals surface area (Å²) in [5.41, 5.74) is 0.211. The highest BCUT2D eigenvalue weighted by Crippen LogP contribution is 2.32. The van der Waals surface area contributed by atoms with E-state index < -0.39 is 11.9 Å². The Morgan fingerprint density at radius 2 is 2.28 bits per heavy atom. The number of ether oxygens (including phenoxy) is 1. The van der Waals surface area contributed by atoms with Crippen molar-refractivity contribution in [1.82, 2.24) is 0 Å². The molecule has 2 unspecified atom stereocenters. The largest absolute Gasteiger partial charge is 0.455 e. The molecule has 1 aliphatic heterocycles. The lowest BCUT2D eigenvalue weighted by Crippen LogP contribution is -2.23. The molecule has 2 heterocycles. The van der Waals surface area contributed by atoms with Crippen molar-refractivity contribution in [2.45, 2.75) is 18.9 Å². The standard InChI is InChI=1S/C14H15FO3/c15-11-5-1-3-9-7-12(18-14(9)11)13(16)10-4-2-6-17-8-10/h1,3,5,7,10,13,16H,2,4,6,8H2. The van der Waals surface area contributed by atoms with Crippen molar-refractivity contribution in [2.75, 3.05) is 13.2 Å². The van der Waals surface area contributed by atoms with Gasteiger partial charge in [-0.25, -0.2) is 4.39 Å². The molecule has 1 fully saturated rings. The number of aliphatic hydroxyl groups is 1. The van der Waals surface area contributed by atoms with Crippen LogP contribution in [0.4, 0.5) is 4.39 Å². The van der Waals surface area contributed by atoms with Crippen LogP contribution in [0.15, 0.2) is 28.7 Å². The van der Waals surface area contributed by atoms with Crippen LogP contribution >= 0.6 is 0 Å². The van der Waals surface area contributed by atoms with Crippen molar-refractivity contribution in [2.24, 2.45) is 5.92 Å². The summed E-state index contributed by atoms with van der Waals surface area (Å²) in [5.74, 6) is 0.0545. The van der Waals surface area contributed by atoms with E-state index in [0.29, 0.717) is 17.8 Å². The molecule has 2 aromatic rings. The summed E-state index contributed by atoms with van der Waals surface area (Å²) in [6.07, 6.45) is 1.12. The van der Waals surface area contributed by atoms with E-state index in [1.54, 1.807) is 18.2 Å². The Morgan fingerprint density at radius 1 is 1.39 bits per heavy atom. The van der Waals surface area contributed by atoms with Gasteiger partial charge in [0.25, 0.3) is 0 Å². The number of benzene rings is 1. The molecule has 4 heteroatoms. The van der Waals surface area contributed by atoms with E-state index in [-0.39, 0.29) is 11.5 Å². The van der Waals surface area contributed by atoms with Gasteiger partial charge in [-0.15, -0.1) is 0 Å². The van der Waals surface area contributed by atoms with Gasteiger partial charge in [0.05, 0.1) is 6.61 Å². The summed E-state index contributed by atoms with van der Waals surface area (Å²) in [6.45, 7) is 1.28. The first-order valence-corrected chi connectivity index (χ1v) is 6.19. The van der Waals surface area contributed by atoms with Crippen LogP contribution in [0.2, 0.25) is 0 Å². The van der Waals surface area contributed by atoms with Crippen LogP contribution in [0.25, 0.3) is 11.0 Å². The molecule has 0 amide bonds. The Labute approximate surface area is 104 Å². The summed E-state index contributed by atoms with van der Waals surface area (Å²) in [5, 5.41) is 10.9. The number of aliphatic hydroxyl groups excluding tert-OH is 1. The maximum Gasteiger partial charge on any atom is 0.170 e. The van der Waals surface area contributed by atoms with Crippen molar-refractivity contribution < 1.29 is 18.7 Å². The van der Waals surface area contributed by atoms with Gasteiger partial charge in [0.15, 0.2) is 11.4 Å². The van der Waals surface area contributed by atoms with Gasteiger partial charge in [0, 0.05) is 17.9 Å². The average Bonchev–Trinajstić information content (AvgIpc) is 2.84. The highest BCUT2D eigenvalue weighted by atomic mass is 19.1. The minimum atomic E-state index is -0.725. The van der Waals surface area contributed by atoms with Crippen LogP contribution < -0.4 is 0 Å². The molecular formula is C14H15FO3. The van der Waals surface area contributed by atoms with Crippen LogP contribution in [-0.4, -0.2) is 18.3 Å². The normalized spacial score (nSPS) is 22.2. The van der Waals surface area contributed by atoms with Crippen molar-refractivity contribution >= 4 is 11.0 Å². The maximum absolute atomic E-state index is 13.5. The molecule has 0 saturated carbocycles. The second-order valence-electron chi connectivity index (χ2n) is 4.73. The predicted octanol–water partition coefficient (Wildman–Crippen LogP) is 3.03. The fourth-order valence-electron chi connectivity index (χ4n) is 2.44. The van der Waals surface area contributed by atoms with E-state index in [1.807, 2.05) is 0 Å². The molecule has 18 heavy (non-hydrogen) atoms. The van der Waals surface area contributed by atoms with Crippen molar-refractivity contribution in [3.8, 4) is 0 Å². The van der Waals surface area contributed by atoms with E-state index in [2.05, 4.69) is 0 Å². The van der Waals surface area contributed by atoms with Gasteiger partial charge < -0.3 is 14.3 Å². The van der Waals surface area contributed by atoms with Gasteiger partial charge in [-0.05, 0) is 25.0 Å². The van der Waals surface area contributed by atoms with Gasteiger partial charge in [0.1, 0.15) is 11.9 Å². The van der Waals surface area contributed by atoms with Crippen LogP contribution in [0.3, 0.4) is 0 Å². The molecule has 0 bridgehead atoms. The summed E-state index contributed by atoms with van der Waals surface area (Å²) < 4.78 is 24.3. The number of hydrogen-bond acceptors (Lipinski definition) is 3. The first-order chi connectivity index (χ1) is 8.75. The average molecular weight is 250 g/mol. The summed E-state index contributed by atoms with van der Waals surface area (Å²) in [6, 6.07) is 6.46. The Hall–Kier alpha value is -1.39. The van der Waals surface area contributed by atoms with E-state index in [9.17, 15) is 9.50 Å². The second kappa shape index (κ2) is 4.71. The first kappa shape index (κ1) is 11.7. The molecule has 0 aliphatic carbocycles. The molecule has 3 nitrogen and oxygen atoms in total. The topological polar surface area (TPSA) is 42.6 Å². The predicted molar refractivity (Wildman–Crippen MR) is 64.7 cm³/mol. The Morgan fingerprint density at radius 3 is 3.00 bits per heavy atom. The van der Waals surface area contributed by atoms with Crippen molar-refractivity contribution in [3.05, 3.63) is 35.8 Å². The number of furan rings is 1. The summed E-state index contributed by atoms with van der Waals surface area (Å²) in [4.78, 5) is 0. The first-order valence-electron chi connectivity index (χ1n) is 6.19. The van der Waals surface area contributed by atoms with Gasteiger partial charge in [-0.1, -0.05) is 12.1 Å². The lowest BCUT2D eigenvalue weighted by atomic mass is 9.94. The quantitative estimate of drug-likeness (QED) is 0.890. The Kier molecular flexibility index (Phi) is 3.06. The Balaban J connectivity index is 1.91. The van der Waals surface area contributed by atoms with Gasteiger partial charge in [-0.3, -0.25) is 0 Å². The minimum absolute atomic E-state index is 0.0300. The summed E-state index contributed by atoms with van der Waals surface area (Å²) in [7, 11) is 0. The van der Waals surface area contributed by atoms with Crippen LogP contribution in [-0.2, 0) is 4.74 Å². The molecular weight excluding hydrogens is 235 g/mol. The molecule has 1 saturated heterocycles. The highest BCUT2D eigenvalue weighted by molar-refractivity contribution is 5.78. The monoisotopic (exact) mass is 250 g/mol. The summed E-state index contributed by atoms with van der Waals surface area (Å²) >= 11 is 0. The zero-order valence-electron chi connectivity index (χ0n) is 9.93. The number of para-hydroxylation sites is 1. The number of hydrogen-bond donors (Lipinski definition) is 1.